The Kier molecular flexibility index (Phi) is 5.53. The van der Waals surface area contributed by atoms with Crippen molar-refractivity contribution in [2.24, 2.45) is 5.73 Å². The Morgan fingerprint density at radius 2 is 1.90 bits per heavy atom. The second kappa shape index (κ2) is 7.16. The predicted octanol–water partition coefficient (Wildman–Crippen LogP) is 4.97. The van der Waals surface area contributed by atoms with Crippen LogP contribution in [0, 0.1) is 6.92 Å². The zero-order chi connectivity index (χ0) is 14.5. The van der Waals surface area contributed by atoms with Crippen LogP contribution < -0.4 is 5.73 Å². The number of thioether (sulfide) groups is 1. The van der Waals surface area contributed by atoms with E-state index in [0.29, 0.717) is 0 Å². The zero-order valence-electron chi connectivity index (χ0n) is 11.8. The molecule has 106 valence electrons. The molecule has 2 aromatic rings. The SMILES string of the molecule is Cc1ccccc1CSC(c1cccc(Cl)c1)C(C)N. The highest BCUT2D eigenvalue weighted by molar-refractivity contribution is 7.98. The van der Waals surface area contributed by atoms with Crippen molar-refractivity contribution in [3.63, 3.8) is 0 Å². The van der Waals surface area contributed by atoms with Crippen molar-refractivity contribution >= 4 is 23.4 Å². The van der Waals surface area contributed by atoms with E-state index in [-0.39, 0.29) is 11.3 Å². The Morgan fingerprint density at radius 1 is 1.15 bits per heavy atom. The standard InChI is InChI=1S/C17H20ClNS/c1-12-6-3-4-7-15(12)11-20-17(13(2)19)14-8-5-9-16(18)10-14/h3-10,13,17H,11,19H2,1-2H3. The molecule has 0 aliphatic heterocycles. The summed E-state index contributed by atoms with van der Waals surface area (Å²) in [6.45, 7) is 4.20. The molecule has 2 rings (SSSR count). The normalized spacial score (nSPS) is 14.0. The van der Waals surface area contributed by atoms with E-state index in [0.717, 1.165) is 10.8 Å². The van der Waals surface area contributed by atoms with Gasteiger partial charge in [0, 0.05) is 22.1 Å². The van der Waals surface area contributed by atoms with Gasteiger partial charge in [-0.05, 0) is 42.7 Å². The van der Waals surface area contributed by atoms with Crippen LogP contribution in [0.2, 0.25) is 5.02 Å². The lowest BCUT2D eigenvalue weighted by Gasteiger charge is -2.21. The van der Waals surface area contributed by atoms with Crippen LogP contribution in [0.4, 0.5) is 0 Å². The summed E-state index contributed by atoms with van der Waals surface area (Å²) >= 11 is 7.96. The van der Waals surface area contributed by atoms with Gasteiger partial charge in [0.1, 0.15) is 0 Å². The van der Waals surface area contributed by atoms with E-state index in [2.05, 4.69) is 44.2 Å². The van der Waals surface area contributed by atoms with Crippen molar-refractivity contribution in [2.45, 2.75) is 30.9 Å². The average Bonchev–Trinajstić information content (AvgIpc) is 2.41. The van der Waals surface area contributed by atoms with Crippen molar-refractivity contribution in [2.75, 3.05) is 0 Å². The van der Waals surface area contributed by atoms with Gasteiger partial charge < -0.3 is 5.73 Å². The van der Waals surface area contributed by atoms with Crippen molar-refractivity contribution in [3.05, 3.63) is 70.2 Å². The molecule has 0 saturated heterocycles. The summed E-state index contributed by atoms with van der Waals surface area (Å²) in [7, 11) is 0. The van der Waals surface area contributed by atoms with Gasteiger partial charge >= 0.3 is 0 Å². The maximum absolute atomic E-state index is 6.16. The third kappa shape index (κ3) is 4.02. The Labute approximate surface area is 130 Å². The van der Waals surface area contributed by atoms with Crippen LogP contribution in [0.3, 0.4) is 0 Å². The van der Waals surface area contributed by atoms with Crippen LogP contribution in [0.5, 0.6) is 0 Å². The molecule has 2 aromatic carbocycles. The van der Waals surface area contributed by atoms with Crippen molar-refractivity contribution < 1.29 is 0 Å². The molecule has 2 N–H and O–H groups in total. The van der Waals surface area contributed by atoms with Crippen molar-refractivity contribution in [3.8, 4) is 0 Å². The molecule has 0 aromatic heterocycles. The molecule has 0 fully saturated rings. The van der Waals surface area contributed by atoms with E-state index >= 15 is 0 Å². The van der Waals surface area contributed by atoms with E-state index in [1.54, 1.807) is 0 Å². The Morgan fingerprint density at radius 3 is 2.55 bits per heavy atom. The Bertz CT molecular complexity index is 568. The molecule has 0 bridgehead atoms. The topological polar surface area (TPSA) is 26.0 Å². The van der Waals surface area contributed by atoms with Gasteiger partial charge in [-0.2, -0.15) is 0 Å². The van der Waals surface area contributed by atoms with Crippen molar-refractivity contribution in [1.29, 1.82) is 0 Å². The number of hydrogen-bond donors (Lipinski definition) is 1. The third-order valence-electron chi connectivity index (χ3n) is 3.33. The van der Waals surface area contributed by atoms with Crippen LogP contribution in [-0.2, 0) is 5.75 Å². The molecule has 0 spiro atoms. The maximum atomic E-state index is 6.16. The van der Waals surface area contributed by atoms with Crippen molar-refractivity contribution in [1.82, 2.24) is 0 Å². The fourth-order valence-corrected chi connectivity index (χ4v) is 3.71. The number of halogens is 1. The number of benzene rings is 2. The molecule has 0 amide bonds. The first-order valence-electron chi connectivity index (χ1n) is 6.75. The minimum atomic E-state index is 0.0856. The lowest BCUT2D eigenvalue weighted by Crippen LogP contribution is -2.22. The van der Waals surface area contributed by atoms with E-state index in [9.17, 15) is 0 Å². The van der Waals surface area contributed by atoms with Gasteiger partial charge in [-0.1, -0.05) is 48.0 Å². The molecule has 2 unspecified atom stereocenters. The minimum Gasteiger partial charge on any atom is -0.327 e. The molecule has 1 nitrogen and oxygen atoms in total. The van der Waals surface area contributed by atoms with Gasteiger partial charge in [-0.15, -0.1) is 11.8 Å². The fraction of sp³-hybridized carbons (Fsp3) is 0.294. The molecule has 0 radical (unpaired) electrons. The minimum absolute atomic E-state index is 0.0856. The maximum Gasteiger partial charge on any atom is 0.0449 e. The zero-order valence-corrected chi connectivity index (χ0v) is 13.4. The highest BCUT2D eigenvalue weighted by Gasteiger charge is 2.17. The summed E-state index contributed by atoms with van der Waals surface area (Å²) in [5.74, 6) is 0.964. The molecule has 0 saturated carbocycles. The summed E-state index contributed by atoms with van der Waals surface area (Å²) in [6.07, 6.45) is 0. The third-order valence-corrected chi connectivity index (χ3v) is 5.11. The second-order valence-corrected chi connectivity index (χ2v) is 6.64. The molecular formula is C17H20ClNS. The van der Waals surface area contributed by atoms with E-state index < -0.39 is 0 Å². The number of aryl methyl sites for hydroxylation is 1. The van der Waals surface area contributed by atoms with E-state index in [1.165, 1.54) is 16.7 Å². The van der Waals surface area contributed by atoms with Crippen LogP contribution in [0.1, 0.15) is 28.9 Å². The molecule has 20 heavy (non-hydrogen) atoms. The van der Waals surface area contributed by atoms with Crippen LogP contribution in [0.25, 0.3) is 0 Å². The summed E-state index contributed by atoms with van der Waals surface area (Å²) in [6, 6.07) is 16.6. The largest absolute Gasteiger partial charge is 0.327 e. The molecule has 0 aliphatic rings. The summed E-state index contributed by atoms with van der Waals surface area (Å²) in [5, 5.41) is 1.03. The number of hydrogen-bond acceptors (Lipinski definition) is 2. The monoisotopic (exact) mass is 305 g/mol. The predicted molar refractivity (Wildman–Crippen MR) is 90.3 cm³/mol. The lowest BCUT2D eigenvalue weighted by molar-refractivity contribution is 0.721. The lowest BCUT2D eigenvalue weighted by atomic mass is 10.1. The molecule has 3 heteroatoms. The van der Waals surface area contributed by atoms with E-state index in [4.69, 9.17) is 17.3 Å². The second-order valence-electron chi connectivity index (χ2n) is 5.07. The van der Waals surface area contributed by atoms with Crippen LogP contribution in [0.15, 0.2) is 48.5 Å². The quantitative estimate of drug-likeness (QED) is 0.844. The summed E-state index contributed by atoms with van der Waals surface area (Å²) < 4.78 is 0. The smallest absolute Gasteiger partial charge is 0.0449 e. The summed E-state index contributed by atoms with van der Waals surface area (Å²) in [4.78, 5) is 0. The molecule has 0 heterocycles. The average molecular weight is 306 g/mol. The highest BCUT2D eigenvalue weighted by Crippen LogP contribution is 2.35. The van der Waals surface area contributed by atoms with Crippen LogP contribution in [-0.4, -0.2) is 6.04 Å². The van der Waals surface area contributed by atoms with E-state index in [1.807, 2.05) is 30.0 Å². The molecule has 2 atom stereocenters. The Balaban J connectivity index is 2.13. The highest BCUT2D eigenvalue weighted by atomic mass is 35.5. The first kappa shape index (κ1) is 15.4. The van der Waals surface area contributed by atoms with Gasteiger partial charge in [0.25, 0.3) is 0 Å². The van der Waals surface area contributed by atoms with Gasteiger partial charge in [-0.25, -0.2) is 0 Å². The first-order valence-corrected chi connectivity index (χ1v) is 8.18. The van der Waals surface area contributed by atoms with Crippen LogP contribution >= 0.6 is 23.4 Å². The van der Waals surface area contributed by atoms with Gasteiger partial charge in [-0.3, -0.25) is 0 Å². The molecule has 0 aliphatic carbocycles. The summed E-state index contributed by atoms with van der Waals surface area (Å²) in [5.41, 5.74) is 10.1. The van der Waals surface area contributed by atoms with Gasteiger partial charge in [0.15, 0.2) is 0 Å². The fourth-order valence-electron chi connectivity index (χ4n) is 2.19. The van der Waals surface area contributed by atoms with Gasteiger partial charge in [0.2, 0.25) is 0 Å². The van der Waals surface area contributed by atoms with Gasteiger partial charge in [0.05, 0.1) is 0 Å². The number of nitrogens with two attached hydrogens (primary N) is 1. The number of rotatable bonds is 5. The molecular weight excluding hydrogens is 286 g/mol. The first-order chi connectivity index (χ1) is 9.58. The Hall–Kier alpha value is -0.960.